The van der Waals surface area contributed by atoms with E-state index in [9.17, 15) is 5.11 Å². The van der Waals surface area contributed by atoms with Crippen molar-refractivity contribution in [3.05, 3.63) is 35.9 Å². The molecule has 1 rings (SSSR count). The van der Waals surface area contributed by atoms with Gasteiger partial charge in [0, 0.05) is 0 Å². The summed E-state index contributed by atoms with van der Waals surface area (Å²) in [7, 11) is 0. The summed E-state index contributed by atoms with van der Waals surface area (Å²) < 4.78 is 0. The van der Waals surface area contributed by atoms with Crippen molar-refractivity contribution in [2.75, 3.05) is 0 Å². The molecule has 2 nitrogen and oxygen atoms in total. The van der Waals surface area contributed by atoms with Gasteiger partial charge in [-0.2, -0.15) is 0 Å². The smallest absolute Gasteiger partial charge is 0.0865 e. The van der Waals surface area contributed by atoms with E-state index in [0.29, 0.717) is 0 Å². The van der Waals surface area contributed by atoms with E-state index in [2.05, 4.69) is 0 Å². The van der Waals surface area contributed by atoms with Gasteiger partial charge in [0.1, 0.15) is 0 Å². The van der Waals surface area contributed by atoms with Gasteiger partial charge in [-0.15, -0.1) is 0 Å². The van der Waals surface area contributed by atoms with Gasteiger partial charge in [-0.05, 0) is 18.9 Å². The molecule has 1 unspecified atom stereocenters. The van der Waals surface area contributed by atoms with Crippen LogP contribution in [0.4, 0.5) is 0 Å². The molecule has 0 saturated carbocycles. The molecule has 1 aromatic rings. The summed E-state index contributed by atoms with van der Waals surface area (Å²) in [6, 6.07) is 9.74. The Morgan fingerprint density at radius 2 is 1.75 bits per heavy atom. The number of hydrogen-bond acceptors (Lipinski definition) is 2. The van der Waals surface area contributed by atoms with Crippen LogP contribution in [0.15, 0.2) is 30.3 Å². The van der Waals surface area contributed by atoms with E-state index in [4.69, 9.17) is 0 Å². The Hall–Kier alpha value is -0.860. The summed E-state index contributed by atoms with van der Waals surface area (Å²) in [4.78, 5) is 0. The molecule has 2 heteroatoms. The van der Waals surface area contributed by atoms with Gasteiger partial charge in [-0.1, -0.05) is 37.3 Å². The highest BCUT2D eigenvalue weighted by molar-refractivity contribution is 5.20. The van der Waals surface area contributed by atoms with Crippen LogP contribution in [0.2, 0.25) is 0 Å². The van der Waals surface area contributed by atoms with Gasteiger partial charge in [0.05, 0.1) is 5.60 Å². The highest BCUT2D eigenvalue weighted by Crippen LogP contribution is 2.22. The van der Waals surface area contributed by atoms with Crippen molar-refractivity contribution in [2.24, 2.45) is 0 Å². The average molecular weight is 167 g/mol. The summed E-state index contributed by atoms with van der Waals surface area (Å²) in [6.45, 7) is 3.81. The maximum Gasteiger partial charge on any atom is 0.0865 e. The van der Waals surface area contributed by atoms with Crippen molar-refractivity contribution < 1.29 is 5.11 Å². The van der Waals surface area contributed by atoms with Crippen LogP contribution in [-0.4, -0.2) is 5.11 Å². The zero-order chi connectivity index (χ0) is 8.32. The largest absolute Gasteiger partial charge is 0.385 e. The first-order chi connectivity index (χ1) is 5.17. The molecule has 0 aliphatic heterocycles. The van der Waals surface area contributed by atoms with E-state index in [1.165, 1.54) is 0 Å². The molecule has 0 aliphatic carbocycles. The Bertz CT molecular complexity index is 219. The second kappa shape index (κ2) is 4.24. The standard InChI is InChI=1S/C10H14O.H3N/c1-3-10(2,11)9-7-5-4-6-8-9;/h4-8,11H,3H2,1-2H3;1H3. The van der Waals surface area contributed by atoms with Crippen LogP contribution >= 0.6 is 0 Å². The summed E-state index contributed by atoms with van der Waals surface area (Å²) in [6.07, 6.45) is 0.747. The Morgan fingerprint density at radius 1 is 1.25 bits per heavy atom. The maximum atomic E-state index is 9.79. The Kier molecular flexibility index (Phi) is 3.93. The first kappa shape index (κ1) is 11.1. The quantitative estimate of drug-likeness (QED) is 0.710. The van der Waals surface area contributed by atoms with E-state index in [1.54, 1.807) is 0 Å². The topological polar surface area (TPSA) is 55.2 Å². The molecule has 0 fully saturated rings. The molecule has 0 aliphatic rings. The third kappa shape index (κ3) is 2.32. The SMILES string of the molecule is CCC(C)(O)c1ccccc1.N. The Labute approximate surface area is 73.8 Å². The van der Waals surface area contributed by atoms with Crippen molar-refractivity contribution in [3.63, 3.8) is 0 Å². The normalized spacial score (nSPS) is 14.6. The Balaban J connectivity index is 0.00000121. The first-order valence-electron chi connectivity index (χ1n) is 3.94. The highest BCUT2D eigenvalue weighted by Gasteiger charge is 2.18. The van der Waals surface area contributed by atoms with Gasteiger partial charge in [-0.3, -0.25) is 0 Å². The van der Waals surface area contributed by atoms with Crippen molar-refractivity contribution >= 4 is 0 Å². The molecule has 68 valence electrons. The third-order valence-electron chi connectivity index (χ3n) is 2.08. The molecule has 0 spiro atoms. The molecule has 0 aromatic heterocycles. The van der Waals surface area contributed by atoms with Gasteiger partial charge in [0.15, 0.2) is 0 Å². The van der Waals surface area contributed by atoms with Gasteiger partial charge in [0.2, 0.25) is 0 Å². The summed E-state index contributed by atoms with van der Waals surface area (Å²) in [5, 5.41) is 9.79. The monoisotopic (exact) mass is 167 g/mol. The van der Waals surface area contributed by atoms with Gasteiger partial charge < -0.3 is 11.3 Å². The zero-order valence-electron chi connectivity index (χ0n) is 7.75. The molecule has 0 bridgehead atoms. The van der Waals surface area contributed by atoms with E-state index >= 15 is 0 Å². The molecule has 0 amide bonds. The number of hydrogen-bond donors (Lipinski definition) is 2. The van der Waals surface area contributed by atoms with E-state index < -0.39 is 5.60 Å². The fraction of sp³-hybridized carbons (Fsp3) is 0.400. The molecule has 0 saturated heterocycles. The fourth-order valence-electron chi connectivity index (χ4n) is 1.00. The number of rotatable bonds is 2. The third-order valence-corrected chi connectivity index (χ3v) is 2.08. The Morgan fingerprint density at radius 3 is 2.17 bits per heavy atom. The van der Waals surface area contributed by atoms with Gasteiger partial charge in [0.25, 0.3) is 0 Å². The van der Waals surface area contributed by atoms with E-state index in [-0.39, 0.29) is 6.15 Å². The van der Waals surface area contributed by atoms with Crippen LogP contribution in [0.25, 0.3) is 0 Å². The molecule has 1 atom stereocenters. The number of aliphatic hydroxyl groups is 1. The summed E-state index contributed by atoms with van der Waals surface area (Å²) in [5.41, 5.74) is 0.323. The zero-order valence-corrected chi connectivity index (χ0v) is 7.75. The predicted octanol–water partition coefficient (Wildman–Crippen LogP) is 2.47. The van der Waals surface area contributed by atoms with Gasteiger partial charge in [-0.25, -0.2) is 0 Å². The molecular weight excluding hydrogens is 150 g/mol. The minimum atomic E-state index is -0.665. The van der Waals surface area contributed by atoms with Crippen LogP contribution in [0.1, 0.15) is 25.8 Å². The van der Waals surface area contributed by atoms with Crippen LogP contribution in [-0.2, 0) is 5.60 Å². The average Bonchev–Trinajstić information content (AvgIpc) is 2.06. The summed E-state index contributed by atoms with van der Waals surface area (Å²) in [5.74, 6) is 0. The predicted molar refractivity (Wildman–Crippen MR) is 51.3 cm³/mol. The molecular formula is C10H17NO. The van der Waals surface area contributed by atoms with Crippen LogP contribution in [0.3, 0.4) is 0 Å². The lowest BCUT2D eigenvalue weighted by Crippen LogP contribution is -2.19. The number of benzene rings is 1. The van der Waals surface area contributed by atoms with Crippen molar-refractivity contribution in [2.45, 2.75) is 25.9 Å². The lowest BCUT2D eigenvalue weighted by Gasteiger charge is -2.21. The lowest BCUT2D eigenvalue weighted by molar-refractivity contribution is 0.0531. The van der Waals surface area contributed by atoms with Crippen LogP contribution in [0, 0.1) is 0 Å². The molecule has 12 heavy (non-hydrogen) atoms. The fourth-order valence-corrected chi connectivity index (χ4v) is 1.00. The maximum absolute atomic E-state index is 9.79. The van der Waals surface area contributed by atoms with E-state index in [1.807, 2.05) is 44.2 Å². The molecule has 0 heterocycles. The second-order valence-electron chi connectivity index (χ2n) is 2.99. The first-order valence-corrected chi connectivity index (χ1v) is 3.94. The van der Waals surface area contributed by atoms with Crippen molar-refractivity contribution in [3.8, 4) is 0 Å². The lowest BCUT2D eigenvalue weighted by atomic mass is 9.94. The highest BCUT2D eigenvalue weighted by atomic mass is 16.3. The van der Waals surface area contributed by atoms with Crippen molar-refractivity contribution in [1.29, 1.82) is 0 Å². The summed E-state index contributed by atoms with van der Waals surface area (Å²) >= 11 is 0. The molecule has 1 aromatic carbocycles. The van der Waals surface area contributed by atoms with Crippen LogP contribution < -0.4 is 6.15 Å². The minimum Gasteiger partial charge on any atom is -0.385 e. The molecule has 0 radical (unpaired) electrons. The van der Waals surface area contributed by atoms with Crippen molar-refractivity contribution in [1.82, 2.24) is 6.15 Å². The molecule has 4 N–H and O–H groups in total. The van der Waals surface area contributed by atoms with Crippen LogP contribution in [0.5, 0.6) is 0 Å². The van der Waals surface area contributed by atoms with E-state index in [0.717, 1.165) is 12.0 Å². The van der Waals surface area contributed by atoms with Gasteiger partial charge >= 0.3 is 0 Å². The second-order valence-corrected chi connectivity index (χ2v) is 2.99. The minimum absolute atomic E-state index is 0.